The Kier molecular flexibility index (Phi) is 12.7. The molecule has 0 aliphatic carbocycles. The van der Waals surface area contributed by atoms with Gasteiger partial charge in [0.05, 0.1) is 0 Å². The summed E-state index contributed by atoms with van der Waals surface area (Å²) in [6.45, 7) is -0.553. The number of carbonyl (C=O) groups is 2. The van der Waals surface area contributed by atoms with E-state index in [1.807, 2.05) is 0 Å². The Morgan fingerprint density at radius 1 is 1.32 bits per heavy atom. The molecule has 0 aromatic heterocycles. The molecule has 0 saturated carbocycles. The van der Waals surface area contributed by atoms with Gasteiger partial charge in [-0.05, 0) is 19.4 Å². The van der Waals surface area contributed by atoms with Crippen LogP contribution < -0.4 is 11.5 Å². The van der Waals surface area contributed by atoms with Crippen LogP contribution >= 0.6 is 7.82 Å². The van der Waals surface area contributed by atoms with E-state index in [9.17, 15) is 14.2 Å². The van der Waals surface area contributed by atoms with Crippen LogP contribution in [0.1, 0.15) is 22.1 Å². The first-order chi connectivity index (χ1) is 8.26. The molecule has 0 aliphatic heterocycles. The summed E-state index contributed by atoms with van der Waals surface area (Å²) in [5.74, 6) is -2.18. The van der Waals surface area contributed by atoms with Crippen LogP contribution in [-0.2, 0) is 23.4 Å². The number of rotatable bonds is 8. The minimum atomic E-state index is -4.77. The van der Waals surface area contributed by atoms with Crippen molar-refractivity contribution < 1.29 is 36.1 Å². The fourth-order valence-corrected chi connectivity index (χ4v) is 1.25. The van der Waals surface area contributed by atoms with Crippen LogP contribution in [0.4, 0.5) is 0 Å². The summed E-state index contributed by atoms with van der Waals surface area (Å²) in [5, 5.41) is 0. The molecule has 9 nitrogen and oxygen atoms in total. The van der Waals surface area contributed by atoms with Crippen molar-refractivity contribution in [2.24, 2.45) is 11.5 Å². The molecule has 0 spiro atoms. The number of phosphoric acid groups is 1. The maximum atomic E-state index is 11.2. The molecular formula is C8H19CaN2O7P. The van der Waals surface area contributed by atoms with E-state index in [2.05, 4.69) is 9.26 Å². The molecule has 0 radical (unpaired) electrons. The van der Waals surface area contributed by atoms with Crippen molar-refractivity contribution in [3.8, 4) is 0 Å². The fourth-order valence-electron chi connectivity index (χ4n) is 0.981. The normalized spacial score (nSPS) is 12.4. The number of hydrogen-bond acceptors (Lipinski definition) is 7. The smallest absolute Gasteiger partial charge is 1.00 e. The van der Waals surface area contributed by atoms with E-state index in [-0.39, 0.29) is 40.6 Å². The van der Waals surface area contributed by atoms with Gasteiger partial charge in [0.15, 0.2) is 6.61 Å². The summed E-state index contributed by atoms with van der Waals surface area (Å²) < 4.78 is 18.4. The van der Waals surface area contributed by atoms with E-state index in [1.165, 1.54) is 0 Å². The summed E-state index contributed by atoms with van der Waals surface area (Å²) in [6, 6.07) is -0.976. The van der Waals surface area contributed by atoms with Crippen LogP contribution in [0.25, 0.3) is 0 Å². The Balaban J connectivity index is -0.000000482. The minimum Gasteiger partial charge on any atom is -1.00 e. The quantitative estimate of drug-likeness (QED) is 0.136. The maximum absolute atomic E-state index is 11.2. The first kappa shape index (κ1) is 21.7. The van der Waals surface area contributed by atoms with E-state index in [4.69, 9.17) is 21.3 Å². The average molecular weight is 326 g/mol. The van der Waals surface area contributed by atoms with E-state index < -0.39 is 32.4 Å². The van der Waals surface area contributed by atoms with Gasteiger partial charge >= 0.3 is 57.5 Å². The number of ether oxygens (including phenoxy) is 1. The zero-order valence-electron chi connectivity index (χ0n) is 12.4. The van der Waals surface area contributed by atoms with Crippen LogP contribution in [0.5, 0.6) is 0 Å². The molecule has 0 heterocycles. The van der Waals surface area contributed by atoms with Gasteiger partial charge < -0.3 is 28.8 Å². The second-order valence-electron chi connectivity index (χ2n) is 3.45. The van der Waals surface area contributed by atoms with Gasteiger partial charge in [0.2, 0.25) is 0 Å². The second-order valence-corrected chi connectivity index (χ2v) is 4.69. The van der Waals surface area contributed by atoms with Gasteiger partial charge in [-0.1, -0.05) is 6.42 Å². The number of unbranched alkanes of at least 4 members (excludes halogenated alkanes) is 1. The average Bonchev–Trinajstić information content (AvgIpc) is 2.25. The van der Waals surface area contributed by atoms with Crippen molar-refractivity contribution in [1.29, 1.82) is 0 Å². The van der Waals surface area contributed by atoms with Crippen molar-refractivity contribution in [3.05, 3.63) is 0 Å². The topological polar surface area (TPSA) is 162 Å². The van der Waals surface area contributed by atoms with Crippen molar-refractivity contribution in [1.82, 2.24) is 0 Å². The predicted molar refractivity (Wildman–Crippen MR) is 68.0 cm³/mol. The van der Waals surface area contributed by atoms with Crippen molar-refractivity contribution in [2.45, 2.75) is 25.3 Å². The number of esters is 2. The molecule has 0 saturated heterocycles. The van der Waals surface area contributed by atoms with Gasteiger partial charge in [-0.2, -0.15) is 0 Å². The van der Waals surface area contributed by atoms with Crippen LogP contribution in [-0.4, -0.2) is 78.7 Å². The number of hydrogen-bond donors (Lipinski definition) is 4. The SMILES string of the molecule is NCCCC[C@H](N)C(=O)OC(=O)COP(=O)(O)O.[Ca+2].[H-].[H-]. The minimum absolute atomic E-state index is 0. The predicted octanol–water partition coefficient (Wildman–Crippen LogP) is -1.53. The second kappa shape index (κ2) is 11.1. The number of nitrogens with two attached hydrogens (primary N) is 2. The summed E-state index contributed by atoms with van der Waals surface area (Å²) in [7, 11) is -4.77. The van der Waals surface area contributed by atoms with Gasteiger partial charge in [0.1, 0.15) is 6.04 Å². The molecule has 0 fully saturated rings. The van der Waals surface area contributed by atoms with Crippen LogP contribution in [0.15, 0.2) is 0 Å². The van der Waals surface area contributed by atoms with Gasteiger partial charge in [-0.25, -0.2) is 14.2 Å². The molecular weight excluding hydrogens is 307 g/mol. The molecule has 1 atom stereocenters. The molecule has 6 N–H and O–H groups in total. The van der Waals surface area contributed by atoms with Gasteiger partial charge in [-0.15, -0.1) is 0 Å². The number of phosphoric ester groups is 1. The third kappa shape index (κ3) is 13.2. The zero-order chi connectivity index (χ0) is 14.2. The summed E-state index contributed by atoms with van der Waals surface area (Å²) in [4.78, 5) is 38.8. The Morgan fingerprint density at radius 2 is 1.89 bits per heavy atom. The zero-order valence-corrected chi connectivity index (χ0v) is 13.5. The van der Waals surface area contributed by atoms with Gasteiger partial charge in [0, 0.05) is 0 Å². The van der Waals surface area contributed by atoms with Crippen LogP contribution in [0, 0.1) is 0 Å². The van der Waals surface area contributed by atoms with Crippen molar-refractivity contribution in [2.75, 3.05) is 13.2 Å². The van der Waals surface area contributed by atoms with E-state index >= 15 is 0 Å². The monoisotopic (exact) mass is 326 g/mol. The summed E-state index contributed by atoms with van der Waals surface area (Å²) in [6.07, 6.45) is 1.61. The first-order valence-corrected chi connectivity index (χ1v) is 6.69. The maximum Gasteiger partial charge on any atom is 2.00 e. The molecule has 0 amide bonds. The largest absolute Gasteiger partial charge is 2.00 e. The molecule has 19 heavy (non-hydrogen) atoms. The van der Waals surface area contributed by atoms with E-state index in [0.29, 0.717) is 25.8 Å². The van der Waals surface area contributed by atoms with Crippen molar-refractivity contribution in [3.63, 3.8) is 0 Å². The summed E-state index contributed by atoms with van der Waals surface area (Å²) >= 11 is 0. The molecule has 110 valence electrons. The third-order valence-corrected chi connectivity index (χ3v) is 2.30. The van der Waals surface area contributed by atoms with Crippen molar-refractivity contribution >= 4 is 57.5 Å². The third-order valence-electron chi connectivity index (χ3n) is 1.84. The molecule has 0 bridgehead atoms. The fraction of sp³-hybridized carbons (Fsp3) is 0.750. The first-order valence-electron chi connectivity index (χ1n) is 5.16. The standard InChI is InChI=1S/C8H17N2O7P.Ca.2H/c9-4-2-1-3-6(10)8(12)17-7(11)5-16-18(13,14)15;;;/h6H,1-5,9-10H2,(H2,13,14,15);;;/q;+2;2*-1/t6-;;;/m0.../s1. The molecule has 0 aromatic carbocycles. The Labute approximate surface area is 143 Å². The Bertz CT molecular complexity index is 345. The van der Waals surface area contributed by atoms with Crippen LogP contribution in [0.2, 0.25) is 0 Å². The van der Waals surface area contributed by atoms with E-state index in [0.717, 1.165) is 0 Å². The van der Waals surface area contributed by atoms with E-state index in [1.54, 1.807) is 0 Å². The molecule has 0 rings (SSSR count). The molecule has 0 aliphatic rings. The van der Waals surface area contributed by atoms with Gasteiger partial charge in [0.25, 0.3) is 0 Å². The number of carbonyl (C=O) groups excluding carboxylic acids is 2. The summed E-state index contributed by atoms with van der Waals surface area (Å²) in [5.41, 5.74) is 10.7. The Morgan fingerprint density at radius 3 is 2.37 bits per heavy atom. The molecule has 11 heteroatoms. The molecule has 0 aromatic rings. The van der Waals surface area contributed by atoms with Crippen LogP contribution in [0.3, 0.4) is 0 Å². The Hall–Kier alpha value is 0.430. The van der Waals surface area contributed by atoms with Gasteiger partial charge in [-0.3, -0.25) is 4.52 Å². The molecule has 0 unspecified atom stereocenters.